The minimum absolute atomic E-state index is 0.190. The van der Waals surface area contributed by atoms with Gasteiger partial charge in [-0.25, -0.2) is 9.18 Å². The summed E-state index contributed by atoms with van der Waals surface area (Å²) in [5.74, 6) is -1.59. The molecule has 3 aromatic rings. The third-order valence-corrected chi connectivity index (χ3v) is 3.54. The molecule has 0 spiro atoms. The van der Waals surface area contributed by atoms with Crippen LogP contribution in [0.25, 0.3) is 0 Å². The van der Waals surface area contributed by atoms with Gasteiger partial charge in [0.1, 0.15) is 11.6 Å². The van der Waals surface area contributed by atoms with Crippen LogP contribution in [0.1, 0.15) is 27.8 Å². The van der Waals surface area contributed by atoms with Crippen LogP contribution in [0.2, 0.25) is 0 Å². The van der Waals surface area contributed by atoms with Gasteiger partial charge in [-0.05, 0) is 19.1 Å². The fourth-order valence-corrected chi connectivity index (χ4v) is 2.32. The molecule has 3 rings (SSSR count). The van der Waals surface area contributed by atoms with Crippen LogP contribution >= 0.6 is 0 Å². The van der Waals surface area contributed by atoms with Gasteiger partial charge in [0.15, 0.2) is 5.82 Å². The van der Waals surface area contributed by atoms with Crippen molar-refractivity contribution in [2.24, 2.45) is 0 Å². The number of rotatable bonds is 5. The van der Waals surface area contributed by atoms with Crippen molar-refractivity contribution in [1.29, 1.82) is 0 Å². The number of benzene rings is 2. The lowest BCUT2D eigenvalue weighted by molar-refractivity contribution is -0.125. The largest absolute Gasteiger partial charge is 0.444 e. The Bertz CT molecular complexity index is 924. The normalized spacial score (nSPS) is 11.6. The predicted octanol–water partition coefficient (Wildman–Crippen LogP) is 3.66. The summed E-state index contributed by atoms with van der Waals surface area (Å²) >= 11 is 0. The molecular formula is C19H15FN2O4. The van der Waals surface area contributed by atoms with Gasteiger partial charge in [-0.2, -0.15) is 0 Å². The number of aryl methyl sites for hydroxylation is 1. The van der Waals surface area contributed by atoms with Crippen molar-refractivity contribution in [3.8, 4) is 0 Å². The summed E-state index contributed by atoms with van der Waals surface area (Å²) in [7, 11) is 0. The van der Waals surface area contributed by atoms with Gasteiger partial charge in [-0.1, -0.05) is 47.6 Å². The Kier molecular flexibility index (Phi) is 5.07. The lowest BCUT2D eigenvalue weighted by Gasteiger charge is -2.17. The SMILES string of the molecule is Cc1cc(NC(=O)[C@H](OC(=O)c2ccccc2F)c2ccccc2)no1. The summed E-state index contributed by atoms with van der Waals surface area (Å²) in [6.07, 6.45) is -1.28. The second kappa shape index (κ2) is 7.60. The zero-order valence-electron chi connectivity index (χ0n) is 13.8. The highest BCUT2D eigenvalue weighted by Crippen LogP contribution is 2.22. The zero-order valence-corrected chi connectivity index (χ0v) is 13.8. The molecule has 0 radical (unpaired) electrons. The van der Waals surface area contributed by atoms with E-state index in [9.17, 15) is 14.0 Å². The number of halogens is 1. The summed E-state index contributed by atoms with van der Waals surface area (Å²) in [6, 6.07) is 15.4. The average Bonchev–Trinajstić information content (AvgIpc) is 3.05. The number of carbonyl (C=O) groups is 2. The fraction of sp³-hybridized carbons (Fsp3) is 0.105. The molecular weight excluding hydrogens is 339 g/mol. The first-order valence-electron chi connectivity index (χ1n) is 7.79. The standard InChI is InChI=1S/C19H15FN2O4/c1-12-11-16(22-26-12)21-18(23)17(13-7-3-2-4-8-13)25-19(24)14-9-5-6-10-15(14)20/h2-11,17H,1H3,(H,21,22,23)/t17-/m1/s1. The number of hydrogen-bond acceptors (Lipinski definition) is 5. The maximum atomic E-state index is 13.8. The number of amides is 1. The van der Waals surface area contributed by atoms with E-state index < -0.39 is 23.8 Å². The van der Waals surface area contributed by atoms with Crippen molar-refractivity contribution < 1.29 is 23.2 Å². The molecule has 0 aliphatic rings. The van der Waals surface area contributed by atoms with E-state index in [1.165, 1.54) is 24.3 Å². The van der Waals surface area contributed by atoms with Crippen LogP contribution < -0.4 is 5.32 Å². The fourth-order valence-electron chi connectivity index (χ4n) is 2.32. The Morgan fingerprint density at radius 2 is 1.81 bits per heavy atom. The quantitative estimate of drug-likeness (QED) is 0.707. The molecule has 0 unspecified atom stereocenters. The van der Waals surface area contributed by atoms with Gasteiger partial charge in [0.25, 0.3) is 5.91 Å². The first kappa shape index (κ1) is 17.3. The van der Waals surface area contributed by atoms with E-state index in [-0.39, 0.29) is 11.4 Å². The van der Waals surface area contributed by atoms with Crippen LogP contribution in [0, 0.1) is 12.7 Å². The van der Waals surface area contributed by atoms with E-state index >= 15 is 0 Å². The number of nitrogens with zero attached hydrogens (tertiary/aromatic N) is 1. The molecule has 0 saturated carbocycles. The van der Waals surface area contributed by atoms with Crippen molar-refractivity contribution in [2.45, 2.75) is 13.0 Å². The summed E-state index contributed by atoms with van der Waals surface area (Å²) in [6.45, 7) is 1.68. The lowest BCUT2D eigenvalue weighted by atomic mass is 10.1. The minimum atomic E-state index is -1.28. The van der Waals surface area contributed by atoms with Crippen LogP contribution in [0.5, 0.6) is 0 Å². The van der Waals surface area contributed by atoms with Crippen molar-refractivity contribution in [3.63, 3.8) is 0 Å². The molecule has 7 heteroatoms. The van der Waals surface area contributed by atoms with E-state index in [0.717, 1.165) is 6.07 Å². The second-order valence-electron chi connectivity index (χ2n) is 5.49. The summed E-state index contributed by atoms with van der Waals surface area (Å²) in [4.78, 5) is 24.9. The van der Waals surface area contributed by atoms with Crippen molar-refractivity contribution >= 4 is 17.7 Å². The molecule has 132 valence electrons. The highest BCUT2D eigenvalue weighted by atomic mass is 19.1. The third-order valence-electron chi connectivity index (χ3n) is 3.54. The Labute approximate surface area is 148 Å². The molecule has 0 aliphatic carbocycles. The molecule has 0 saturated heterocycles. The molecule has 1 atom stereocenters. The lowest BCUT2D eigenvalue weighted by Crippen LogP contribution is -2.26. The predicted molar refractivity (Wildman–Crippen MR) is 90.9 cm³/mol. The van der Waals surface area contributed by atoms with Gasteiger partial charge in [-0.3, -0.25) is 4.79 Å². The second-order valence-corrected chi connectivity index (χ2v) is 5.49. The smallest absolute Gasteiger partial charge is 0.342 e. The van der Waals surface area contributed by atoms with Crippen molar-refractivity contribution in [2.75, 3.05) is 5.32 Å². The first-order chi connectivity index (χ1) is 12.5. The minimum Gasteiger partial charge on any atom is -0.444 e. The Morgan fingerprint density at radius 1 is 1.12 bits per heavy atom. The summed E-state index contributed by atoms with van der Waals surface area (Å²) < 4.78 is 24.0. The Hall–Kier alpha value is -3.48. The first-order valence-corrected chi connectivity index (χ1v) is 7.79. The number of carbonyl (C=O) groups excluding carboxylic acids is 2. The number of ether oxygens (including phenoxy) is 1. The van der Waals surface area contributed by atoms with Gasteiger partial charge in [0.05, 0.1) is 5.56 Å². The van der Waals surface area contributed by atoms with Gasteiger partial charge in [0, 0.05) is 11.6 Å². The van der Waals surface area contributed by atoms with Crippen LogP contribution in [-0.4, -0.2) is 17.0 Å². The highest BCUT2D eigenvalue weighted by molar-refractivity contribution is 5.97. The number of hydrogen-bond donors (Lipinski definition) is 1. The zero-order chi connectivity index (χ0) is 18.5. The monoisotopic (exact) mass is 354 g/mol. The Balaban J connectivity index is 1.85. The number of anilines is 1. The molecule has 1 aromatic heterocycles. The van der Waals surface area contributed by atoms with Crippen molar-refractivity contribution in [3.05, 3.63) is 83.4 Å². The van der Waals surface area contributed by atoms with Crippen molar-refractivity contribution in [1.82, 2.24) is 5.16 Å². The highest BCUT2D eigenvalue weighted by Gasteiger charge is 2.27. The van der Waals surface area contributed by atoms with Crippen LogP contribution in [-0.2, 0) is 9.53 Å². The molecule has 1 N–H and O–H groups in total. The van der Waals surface area contributed by atoms with Crippen LogP contribution in [0.15, 0.2) is 65.2 Å². The van der Waals surface area contributed by atoms with E-state index in [4.69, 9.17) is 9.26 Å². The van der Waals surface area contributed by atoms with Gasteiger partial charge >= 0.3 is 5.97 Å². The maximum Gasteiger partial charge on any atom is 0.342 e. The van der Waals surface area contributed by atoms with Gasteiger partial charge < -0.3 is 14.6 Å². The number of nitrogens with one attached hydrogen (secondary N) is 1. The molecule has 0 aliphatic heterocycles. The van der Waals surface area contributed by atoms with Crippen LogP contribution in [0.3, 0.4) is 0 Å². The van der Waals surface area contributed by atoms with Gasteiger partial charge in [-0.15, -0.1) is 0 Å². The van der Waals surface area contributed by atoms with E-state index in [1.54, 1.807) is 37.3 Å². The average molecular weight is 354 g/mol. The maximum absolute atomic E-state index is 13.8. The summed E-state index contributed by atoms with van der Waals surface area (Å²) in [5.41, 5.74) is 0.188. The molecule has 0 fully saturated rings. The molecule has 26 heavy (non-hydrogen) atoms. The molecule has 6 nitrogen and oxygen atoms in total. The molecule has 2 aromatic carbocycles. The topological polar surface area (TPSA) is 81.4 Å². The van der Waals surface area contributed by atoms with E-state index in [2.05, 4.69) is 10.5 Å². The Morgan fingerprint density at radius 3 is 2.46 bits per heavy atom. The number of esters is 1. The molecule has 1 amide bonds. The summed E-state index contributed by atoms with van der Waals surface area (Å²) in [5, 5.41) is 6.19. The van der Waals surface area contributed by atoms with Crippen LogP contribution in [0.4, 0.5) is 10.2 Å². The van der Waals surface area contributed by atoms with Gasteiger partial charge in [0.2, 0.25) is 6.10 Å². The van der Waals surface area contributed by atoms with E-state index in [0.29, 0.717) is 11.3 Å². The molecule has 0 bridgehead atoms. The molecule has 1 heterocycles. The van der Waals surface area contributed by atoms with E-state index in [1.807, 2.05) is 0 Å². The third kappa shape index (κ3) is 3.94. The number of aromatic nitrogens is 1.